The van der Waals surface area contributed by atoms with Gasteiger partial charge in [-0.25, -0.2) is 14.8 Å². The molecule has 3 heterocycles. The molecule has 1 saturated heterocycles. The Hall–Kier alpha value is -2.97. The molecule has 8 heteroatoms. The average Bonchev–Trinajstić information content (AvgIpc) is 3.17. The van der Waals surface area contributed by atoms with Crippen LogP contribution in [0.3, 0.4) is 0 Å². The highest BCUT2D eigenvalue weighted by molar-refractivity contribution is 5.77. The maximum atomic E-state index is 12.2. The van der Waals surface area contributed by atoms with E-state index in [1.54, 1.807) is 7.11 Å². The quantitative estimate of drug-likeness (QED) is 0.592. The van der Waals surface area contributed by atoms with Crippen molar-refractivity contribution in [3.8, 4) is 11.4 Å². The molecule has 31 heavy (non-hydrogen) atoms. The number of hydrogen-bond donors (Lipinski definition) is 1. The summed E-state index contributed by atoms with van der Waals surface area (Å²) >= 11 is 0. The summed E-state index contributed by atoms with van der Waals surface area (Å²) in [6.45, 7) is 8.02. The summed E-state index contributed by atoms with van der Waals surface area (Å²) in [5.41, 5.74) is 4.15. The number of benzene rings is 1. The third kappa shape index (κ3) is 5.03. The number of hydrogen-bond acceptors (Lipinski definition) is 5. The molecule has 0 bridgehead atoms. The molecule has 1 aliphatic rings. The fourth-order valence-corrected chi connectivity index (χ4v) is 3.88. The van der Waals surface area contributed by atoms with Crippen LogP contribution in [0.5, 0.6) is 0 Å². The number of rotatable bonds is 7. The molecule has 2 aromatic heterocycles. The Morgan fingerprint density at radius 2 is 1.87 bits per heavy atom. The summed E-state index contributed by atoms with van der Waals surface area (Å²) in [4.78, 5) is 25.9. The van der Waals surface area contributed by atoms with Gasteiger partial charge >= 0.3 is 6.03 Å². The van der Waals surface area contributed by atoms with Gasteiger partial charge in [0, 0.05) is 64.7 Å². The standard InChI is InChI=1S/C23H30N6O2/c1-18-5-7-19(8-6-18)21-26-20-4-3-9-24-22(20)29(21)16-13-27-11-14-28(15-12-27)23(30)25-10-17-31-2/h3-9H,10-17H2,1-2H3,(H,25,30). The van der Waals surface area contributed by atoms with Crippen molar-refractivity contribution in [3.63, 3.8) is 0 Å². The van der Waals surface area contributed by atoms with E-state index in [0.717, 1.165) is 61.8 Å². The number of nitrogens with one attached hydrogen (secondary N) is 1. The Labute approximate surface area is 182 Å². The molecule has 0 atom stereocenters. The van der Waals surface area contributed by atoms with Crippen molar-refractivity contribution < 1.29 is 9.53 Å². The lowest BCUT2D eigenvalue weighted by Gasteiger charge is -2.34. The molecule has 0 radical (unpaired) electrons. The Kier molecular flexibility index (Phi) is 6.79. The topological polar surface area (TPSA) is 75.5 Å². The van der Waals surface area contributed by atoms with Gasteiger partial charge in [-0.15, -0.1) is 0 Å². The van der Waals surface area contributed by atoms with E-state index in [2.05, 4.69) is 51.0 Å². The fraction of sp³-hybridized carbons (Fsp3) is 0.435. The summed E-state index contributed by atoms with van der Waals surface area (Å²) in [5, 5.41) is 2.90. The van der Waals surface area contributed by atoms with Crippen LogP contribution in [-0.4, -0.2) is 83.4 Å². The van der Waals surface area contributed by atoms with Crippen LogP contribution in [0, 0.1) is 6.92 Å². The monoisotopic (exact) mass is 422 g/mol. The second-order valence-electron chi connectivity index (χ2n) is 7.85. The van der Waals surface area contributed by atoms with Crippen molar-refractivity contribution in [2.75, 3.05) is 53.0 Å². The highest BCUT2D eigenvalue weighted by atomic mass is 16.5. The molecule has 8 nitrogen and oxygen atoms in total. The van der Waals surface area contributed by atoms with Crippen LogP contribution in [0.1, 0.15) is 5.56 Å². The number of carbonyl (C=O) groups is 1. The Balaban J connectivity index is 1.41. The SMILES string of the molecule is COCCNC(=O)N1CCN(CCn2c(-c3ccc(C)cc3)nc3cccnc32)CC1. The van der Waals surface area contributed by atoms with Gasteiger partial charge in [-0.1, -0.05) is 29.8 Å². The highest BCUT2D eigenvalue weighted by Gasteiger charge is 2.21. The highest BCUT2D eigenvalue weighted by Crippen LogP contribution is 2.24. The summed E-state index contributed by atoms with van der Waals surface area (Å²) in [5.74, 6) is 0.949. The molecule has 1 aromatic carbocycles. The third-order valence-electron chi connectivity index (χ3n) is 5.70. The number of aryl methyl sites for hydroxylation is 1. The molecule has 0 spiro atoms. The van der Waals surface area contributed by atoms with Gasteiger partial charge in [0.1, 0.15) is 11.3 Å². The van der Waals surface area contributed by atoms with E-state index >= 15 is 0 Å². The number of ether oxygens (including phenoxy) is 1. The maximum Gasteiger partial charge on any atom is 0.317 e. The largest absolute Gasteiger partial charge is 0.383 e. The van der Waals surface area contributed by atoms with Gasteiger partial charge in [-0.3, -0.25) is 4.90 Å². The number of nitrogens with zero attached hydrogens (tertiary/aromatic N) is 5. The number of urea groups is 1. The molecule has 1 aliphatic heterocycles. The molecule has 1 fully saturated rings. The summed E-state index contributed by atoms with van der Waals surface area (Å²) < 4.78 is 7.20. The van der Waals surface area contributed by atoms with Gasteiger partial charge in [0.25, 0.3) is 0 Å². The number of carbonyl (C=O) groups excluding carboxylic acids is 1. The van der Waals surface area contributed by atoms with Gasteiger partial charge in [0.05, 0.1) is 6.61 Å². The first-order valence-electron chi connectivity index (χ1n) is 10.8. The molecular weight excluding hydrogens is 392 g/mol. The fourth-order valence-electron chi connectivity index (χ4n) is 3.88. The predicted octanol–water partition coefficient (Wildman–Crippen LogP) is 2.38. The maximum absolute atomic E-state index is 12.2. The third-order valence-corrected chi connectivity index (χ3v) is 5.70. The number of imidazole rings is 1. The molecule has 4 rings (SSSR count). The Bertz CT molecular complexity index is 1010. The molecule has 164 valence electrons. The molecule has 1 N–H and O–H groups in total. The van der Waals surface area contributed by atoms with Crippen molar-refractivity contribution in [3.05, 3.63) is 48.2 Å². The number of fused-ring (bicyclic) bond motifs is 1. The van der Waals surface area contributed by atoms with Crippen molar-refractivity contribution in [1.29, 1.82) is 0 Å². The van der Waals surface area contributed by atoms with E-state index in [-0.39, 0.29) is 6.03 Å². The average molecular weight is 423 g/mol. The molecular formula is C23H30N6O2. The number of amides is 2. The lowest BCUT2D eigenvalue weighted by atomic mass is 10.1. The van der Waals surface area contributed by atoms with Crippen molar-refractivity contribution in [1.82, 2.24) is 29.7 Å². The first-order chi connectivity index (χ1) is 15.2. The van der Waals surface area contributed by atoms with Crippen molar-refractivity contribution >= 4 is 17.2 Å². The van der Waals surface area contributed by atoms with Gasteiger partial charge < -0.3 is 19.5 Å². The minimum Gasteiger partial charge on any atom is -0.383 e. The summed E-state index contributed by atoms with van der Waals surface area (Å²) in [6, 6.07) is 12.4. The van der Waals surface area contributed by atoms with Crippen LogP contribution in [-0.2, 0) is 11.3 Å². The first-order valence-corrected chi connectivity index (χ1v) is 10.8. The Morgan fingerprint density at radius 3 is 2.61 bits per heavy atom. The minimum absolute atomic E-state index is 0.0110. The van der Waals surface area contributed by atoms with Gasteiger partial charge in [0.2, 0.25) is 0 Å². The van der Waals surface area contributed by atoms with Gasteiger partial charge in [0.15, 0.2) is 5.65 Å². The van der Waals surface area contributed by atoms with Crippen LogP contribution in [0.25, 0.3) is 22.6 Å². The van der Waals surface area contributed by atoms with E-state index in [0.29, 0.717) is 13.2 Å². The van der Waals surface area contributed by atoms with Crippen LogP contribution >= 0.6 is 0 Å². The van der Waals surface area contributed by atoms with Gasteiger partial charge in [-0.05, 0) is 19.1 Å². The molecule has 0 saturated carbocycles. The van der Waals surface area contributed by atoms with E-state index in [1.165, 1.54) is 5.56 Å². The molecule has 0 aliphatic carbocycles. The number of aromatic nitrogens is 3. The normalized spacial score (nSPS) is 14.8. The zero-order chi connectivity index (χ0) is 21.6. The van der Waals surface area contributed by atoms with E-state index in [4.69, 9.17) is 9.72 Å². The van der Waals surface area contributed by atoms with Crippen molar-refractivity contribution in [2.24, 2.45) is 0 Å². The van der Waals surface area contributed by atoms with E-state index < -0.39 is 0 Å². The summed E-state index contributed by atoms with van der Waals surface area (Å²) in [7, 11) is 1.63. The van der Waals surface area contributed by atoms with Crippen LogP contribution in [0.15, 0.2) is 42.6 Å². The number of methoxy groups -OCH3 is 1. The lowest BCUT2D eigenvalue weighted by Crippen LogP contribution is -2.52. The van der Waals surface area contributed by atoms with Crippen LogP contribution in [0.2, 0.25) is 0 Å². The lowest BCUT2D eigenvalue weighted by molar-refractivity contribution is 0.134. The molecule has 0 unspecified atom stereocenters. The van der Waals surface area contributed by atoms with E-state index in [1.807, 2.05) is 23.2 Å². The number of piperazine rings is 1. The second-order valence-corrected chi connectivity index (χ2v) is 7.85. The number of pyridine rings is 1. The smallest absolute Gasteiger partial charge is 0.317 e. The van der Waals surface area contributed by atoms with Gasteiger partial charge in [-0.2, -0.15) is 0 Å². The van der Waals surface area contributed by atoms with Crippen LogP contribution in [0.4, 0.5) is 4.79 Å². The van der Waals surface area contributed by atoms with Crippen LogP contribution < -0.4 is 5.32 Å². The zero-order valence-electron chi connectivity index (χ0n) is 18.3. The first kappa shape index (κ1) is 21.3. The van der Waals surface area contributed by atoms with E-state index in [9.17, 15) is 4.79 Å². The predicted molar refractivity (Wildman–Crippen MR) is 121 cm³/mol. The molecule has 3 aromatic rings. The minimum atomic E-state index is -0.0110. The zero-order valence-corrected chi connectivity index (χ0v) is 18.3. The molecule has 2 amide bonds. The summed E-state index contributed by atoms with van der Waals surface area (Å²) in [6.07, 6.45) is 1.82. The van der Waals surface area contributed by atoms with Crippen molar-refractivity contribution in [2.45, 2.75) is 13.5 Å². The second kappa shape index (κ2) is 9.89. The Morgan fingerprint density at radius 1 is 1.10 bits per heavy atom.